The van der Waals surface area contributed by atoms with Crippen LogP contribution in [-0.2, 0) is 10.5 Å². The maximum absolute atomic E-state index is 10.2. The molecule has 0 aliphatic rings. The molecule has 0 spiro atoms. The number of halogens is 1. The van der Waals surface area contributed by atoms with E-state index in [0.717, 1.165) is 0 Å². The first-order valence-corrected chi connectivity index (χ1v) is 6.82. The summed E-state index contributed by atoms with van der Waals surface area (Å²) in [6.45, 7) is 0. The van der Waals surface area contributed by atoms with E-state index in [-0.39, 0.29) is 0 Å². The smallest absolute Gasteiger partial charge is 0.260 e. The minimum atomic E-state index is -5.17. The van der Waals surface area contributed by atoms with Gasteiger partial charge in [-0.3, -0.25) is 4.55 Å². The fourth-order valence-electron chi connectivity index (χ4n) is 1.88. The zero-order chi connectivity index (χ0) is 13.9. The first kappa shape index (κ1) is 13.5. The van der Waals surface area contributed by atoms with E-state index >= 15 is 0 Å². The van der Waals surface area contributed by atoms with Gasteiger partial charge in [0.05, 0.1) is 0 Å². The molecule has 0 radical (unpaired) electrons. The zero-order valence-electron chi connectivity index (χ0n) is 9.82. The summed E-state index contributed by atoms with van der Waals surface area (Å²) < 4.78 is 34.1. The summed E-state index contributed by atoms with van der Waals surface area (Å²) in [5.41, 5.74) is 0. The largest absolute Gasteiger partial charge is 0.435 e. The molecule has 98 valence electrons. The Labute approximate surface area is 110 Å². The third-order valence-electron chi connectivity index (χ3n) is 2.61. The van der Waals surface area contributed by atoms with Crippen LogP contribution in [0.5, 0.6) is 0 Å². The quantitative estimate of drug-likeness (QED) is 0.387. The van der Waals surface area contributed by atoms with Gasteiger partial charge in [0, 0.05) is 0 Å². The van der Waals surface area contributed by atoms with E-state index in [1.165, 1.54) is 21.5 Å². The molecule has 3 aromatic carbocycles. The van der Waals surface area contributed by atoms with Crippen molar-refractivity contribution in [1.29, 1.82) is 0 Å². The van der Waals surface area contributed by atoms with E-state index in [9.17, 15) is 3.89 Å². The molecule has 0 saturated heterocycles. The highest BCUT2D eigenvalue weighted by atomic mass is 32.3. The van der Waals surface area contributed by atoms with Crippen LogP contribution in [0.15, 0.2) is 60.7 Å². The van der Waals surface area contributed by atoms with Gasteiger partial charge in [0.1, 0.15) is 0 Å². The molecule has 0 unspecified atom stereocenters. The highest BCUT2D eigenvalue weighted by Crippen LogP contribution is 2.21. The van der Waals surface area contributed by atoms with Crippen molar-refractivity contribution in [3.8, 4) is 0 Å². The fourth-order valence-corrected chi connectivity index (χ4v) is 1.88. The predicted molar refractivity (Wildman–Crippen MR) is 74.1 cm³/mol. The maximum Gasteiger partial charge on any atom is 0.435 e. The lowest BCUT2D eigenvalue weighted by molar-refractivity contribution is 0.435. The number of fused-ring (bicyclic) bond motifs is 2. The average Bonchev–Trinajstić information content (AvgIpc) is 2.34. The summed E-state index contributed by atoms with van der Waals surface area (Å²) in [6, 6.07) is 21.4. The number of hydrogen-bond donors (Lipinski definition) is 1. The van der Waals surface area contributed by atoms with E-state index in [4.69, 9.17) is 13.0 Å². The molecule has 19 heavy (non-hydrogen) atoms. The Bertz CT molecular complexity index is 700. The topological polar surface area (TPSA) is 54.4 Å². The fraction of sp³-hybridized carbons (Fsp3) is 0. The molecule has 3 nitrogen and oxygen atoms in total. The van der Waals surface area contributed by atoms with Crippen LogP contribution < -0.4 is 0 Å². The molecule has 0 aliphatic heterocycles. The first-order valence-electron chi connectivity index (χ1n) is 5.48. The molecule has 0 fully saturated rings. The van der Waals surface area contributed by atoms with Crippen molar-refractivity contribution >= 4 is 32.0 Å². The Kier molecular flexibility index (Phi) is 3.78. The van der Waals surface area contributed by atoms with Crippen LogP contribution in [0.25, 0.3) is 21.5 Å². The molecule has 0 bridgehead atoms. The molecule has 0 heterocycles. The third kappa shape index (κ3) is 4.01. The average molecular weight is 278 g/mol. The molecule has 0 saturated carbocycles. The van der Waals surface area contributed by atoms with Gasteiger partial charge in [0.2, 0.25) is 0 Å². The minimum absolute atomic E-state index is 1.31. The van der Waals surface area contributed by atoms with E-state index < -0.39 is 10.5 Å². The maximum atomic E-state index is 10.2. The lowest BCUT2D eigenvalue weighted by Crippen LogP contribution is -1.80. The summed E-state index contributed by atoms with van der Waals surface area (Å²) in [7, 11) is -5.17. The molecule has 0 amide bonds. The van der Waals surface area contributed by atoms with E-state index in [1.807, 2.05) is 0 Å². The van der Waals surface area contributed by atoms with Crippen molar-refractivity contribution < 1.29 is 16.9 Å². The van der Waals surface area contributed by atoms with Gasteiger partial charge in [-0.1, -0.05) is 52.4 Å². The normalized spacial score (nSPS) is 11.1. The summed E-state index contributed by atoms with van der Waals surface area (Å²) in [4.78, 5) is 0. The van der Waals surface area contributed by atoms with Crippen molar-refractivity contribution in [2.45, 2.75) is 0 Å². The van der Waals surface area contributed by atoms with E-state index in [2.05, 4.69) is 60.7 Å². The van der Waals surface area contributed by atoms with Crippen LogP contribution in [0.3, 0.4) is 0 Å². The molecular weight excluding hydrogens is 267 g/mol. The van der Waals surface area contributed by atoms with Gasteiger partial charge in [-0.15, -0.1) is 0 Å². The Morgan fingerprint density at radius 1 is 0.737 bits per heavy atom. The Hall–Kier alpha value is -1.98. The Morgan fingerprint density at radius 2 is 0.947 bits per heavy atom. The van der Waals surface area contributed by atoms with Crippen LogP contribution in [0.4, 0.5) is 3.89 Å². The predicted octanol–water partition coefficient (Wildman–Crippen LogP) is 3.75. The monoisotopic (exact) mass is 278 g/mol. The van der Waals surface area contributed by atoms with Gasteiger partial charge in [0.15, 0.2) is 0 Å². The zero-order valence-corrected chi connectivity index (χ0v) is 10.6. The Balaban J connectivity index is 0.000000232. The summed E-state index contributed by atoms with van der Waals surface area (Å²) >= 11 is 0. The standard InChI is InChI=1S/C14H10.FHO3S/c1-2-6-12-10-14-8-4-3-7-13(14)9-11(12)5-1;1-5(2,3)4/h1-10H;(H,2,3,4). The Morgan fingerprint density at radius 3 is 1.16 bits per heavy atom. The molecule has 5 heteroatoms. The second kappa shape index (κ2) is 5.34. The van der Waals surface area contributed by atoms with Gasteiger partial charge in [-0.25, -0.2) is 0 Å². The van der Waals surface area contributed by atoms with Gasteiger partial charge in [-0.2, -0.15) is 8.42 Å². The molecule has 3 rings (SSSR count). The summed E-state index contributed by atoms with van der Waals surface area (Å²) in [6.07, 6.45) is 0. The number of benzene rings is 3. The molecule has 0 aliphatic carbocycles. The highest BCUT2D eigenvalue weighted by molar-refractivity contribution is 7.80. The van der Waals surface area contributed by atoms with Gasteiger partial charge in [0.25, 0.3) is 0 Å². The lowest BCUT2D eigenvalue weighted by atomic mass is 10.0. The summed E-state index contributed by atoms with van der Waals surface area (Å²) in [5.74, 6) is 0. The minimum Gasteiger partial charge on any atom is -0.260 e. The van der Waals surface area contributed by atoms with Gasteiger partial charge >= 0.3 is 10.5 Å². The molecule has 0 atom stereocenters. The second-order valence-corrected chi connectivity index (χ2v) is 4.78. The molecular formula is C14H11FO3S. The van der Waals surface area contributed by atoms with Gasteiger partial charge in [-0.05, 0) is 33.7 Å². The lowest BCUT2D eigenvalue weighted by Gasteiger charge is -2.00. The first-order chi connectivity index (χ1) is 8.93. The van der Waals surface area contributed by atoms with E-state index in [0.29, 0.717) is 0 Å². The molecule has 1 N–H and O–H groups in total. The highest BCUT2D eigenvalue weighted by Gasteiger charge is 1.95. The third-order valence-corrected chi connectivity index (χ3v) is 2.61. The number of rotatable bonds is 0. The van der Waals surface area contributed by atoms with Crippen LogP contribution in [0.2, 0.25) is 0 Å². The van der Waals surface area contributed by atoms with Crippen molar-refractivity contribution in [3.05, 3.63) is 60.7 Å². The second-order valence-electron chi connectivity index (χ2n) is 3.96. The van der Waals surface area contributed by atoms with Gasteiger partial charge < -0.3 is 0 Å². The van der Waals surface area contributed by atoms with Crippen molar-refractivity contribution in [2.75, 3.05) is 0 Å². The van der Waals surface area contributed by atoms with Crippen molar-refractivity contribution in [2.24, 2.45) is 0 Å². The number of hydrogen-bond acceptors (Lipinski definition) is 2. The summed E-state index contributed by atoms with van der Waals surface area (Å²) in [5, 5.41) is 5.25. The van der Waals surface area contributed by atoms with E-state index in [1.54, 1.807) is 0 Å². The van der Waals surface area contributed by atoms with Crippen molar-refractivity contribution in [3.63, 3.8) is 0 Å². The van der Waals surface area contributed by atoms with Crippen LogP contribution in [0, 0.1) is 0 Å². The van der Waals surface area contributed by atoms with Crippen LogP contribution >= 0.6 is 0 Å². The SMILES string of the molecule is O=S(=O)(O)F.c1ccc2cc3ccccc3cc2c1. The van der Waals surface area contributed by atoms with Crippen molar-refractivity contribution in [1.82, 2.24) is 0 Å². The molecule has 3 aromatic rings. The van der Waals surface area contributed by atoms with Crippen LogP contribution in [-0.4, -0.2) is 13.0 Å². The van der Waals surface area contributed by atoms with Crippen LogP contribution in [0.1, 0.15) is 0 Å². The molecule has 0 aromatic heterocycles.